The molecular formula is C23H22F5N3O5. The zero-order chi connectivity index (χ0) is 26.5. The third-order valence-electron chi connectivity index (χ3n) is 6.08. The van der Waals surface area contributed by atoms with Crippen LogP contribution in [0.4, 0.5) is 27.6 Å². The van der Waals surface area contributed by atoms with E-state index in [1.54, 1.807) is 29.4 Å². The van der Waals surface area contributed by atoms with Crippen molar-refractivity contribution < 1.29 is 46.2 Å². The molecule has 194 valence electrons. The molecule has 1 spiro atoms. The number of aromatic nitrogens is 1. The van der Waals surface area contributed by atoms with Crippen LogP contribution >= 0.6 is 0 Å². The van der Waals surface area contributed by atoms with Crippen LogP contribution in [0.15, 0.2) is 42.7 Å². The van der Waals surface area contributed by atoms with E-state index in [4.69, 9.17) is 14.6 Å². The van der Waals surface area contributed by atoms with E-state index >= 15 is 0 Å². The average Bonchev–Trinajstić information content (AvgIpc) is 3.20. The first-order valence-corrected chi connectivity index (χ1v) is 10.8. The monoisotopic (exact) mass is 515 g/mol. The molecule has 1 unspecified atom stereocenters. The predicted molar refractivity (Wildman–Crippen MR) is 115 cm³/mol. The highest BCUT2D eigenvalue weighted by molar-refractivity contribution is 5.97. The number of carboxylic acids is 1. The molecule has 4 rings (SSSR count). The van der Waals surface area contributed by atoms with Crippen LogP contribution in [0.3, 0.4) is 0 Å². The van der Waals surface area contributed by atoms with Gasteiger partial charge in [0.15, 0.2) is 11.6 Å². The number of carbonyl (C=O) groups excluding carboxylic acids is 2. The lowest BCUT2D eigenvalue weighted by atomic mass is 9.71. The van der Waals surface area contributed by atoms with Gasteiger partial charge in [0.1, 0.15) is 0 Å². The third kappa shape index (κ3) is 6.33. The number of hydrogen-bond acceptors (Lipinski definition) is 5. The first-order valence-electron chi connectivity index (χ1n) is 10.8. The van der Waals surface area contributed by atoms with Crippen molar-refractivity contribution in [1.29, 1.82) is 0 Å². The number of benzene rings is 1. The minimum absolute atomic E-state index is 0.0689. The summed E-state index contributed by atoms with van der Waals surface area (Å²) in [5, 5.41) is 10.0. The second-order valence-electron chi connectivity index (χ2n) is 8.38. The number of nitrogens with one attached hydrogen (secondary N) is 1. The zero-order valence-corrected chi connectivity index (χ0v) is 18.7. The summed E-state index contributed by atoms with van der Waals surface area (Å²) >= 11 is 0. The minimum atomic E-state index is -5.08. The quantitative estimate of drug-likeness (QED) is 0.606. The van der Waals surface area contributed by atoms with Gasteiger partial charge in [0.25, 0.3) is 5.91 Å². The molecule has 2 fully saturated rings. The number of anilines is 1. The third-order valence-corrected chi connectivity index (χ3v) is 6.08. The summed E-state index contributed by atoms with van der Waals surface area (Å²) in [7, 11) is 0. The highest BCUT2D eigenvalue weighted by atomic mass is 19.4. The van der Waals surface area contributed by atoms with Gasteiger partial charge >= 0.3 is 12.1 Å². The second-order valence-corrected chi connectivity index (χ2v) is 8.38. The van der Waals surface area contributed by atoms with Crippen molar-refractivity contribution in [1.82, 2.24) is 9.88 Å². The molecule has 2 aliphatic rings. The summed E-state index contributed by atoms with van der Waals surface area (Å²) in [5.41, 5.74) is 0.253. The van der Waals surface area contributed by atoms with Gasteiger partial charge in [-0.3, -0.25) is 14.6 Å². The Kier molecular flexibility index (Phi) is 8.23. The Morgan fingerprint density at radius 3 is 2.33 bits per heavy atom. The molecule has 1 aromatic carbocycles. The summed E-state index contributed by atoms with van der Waals surface area (Å²) in [5.74, 6) is -5.85. The van der Waals surface area contributed by atoms with Crippen molar-refractivity contribution in [2.75, 3.05) is 31.6 Å². The summed E-state index contributed by atoms with van der Waals surface area (Å²) in [4.78, 5) is 40.4. The van der Waals surface area contributed by atoms with Crippen LogP contribution in [0.2, 0.25) is 0 Å². The summed E-state index contributed by atoms with van der Waals surface area (Å²) < 4.78 is 64.0. The molecule has 1 aromatic heterocycles. The highest BCUT2D eigenvalue weighted by Crippen LogP contribution is 2.45. The number of pyridine rings is 1. The fraction of sp³-hybridized carbons (Fsp3) is 0.391. The Morgan fingerprint density at radius 1 is 1.11 bits per heavy atom. The van der Waals surface area contributed by atoms with Crippen molar-refractivity contribution in [3.8, 4) is 0 Å². The van der Waals surface area contributed by atoms with E-state index in [0.717, 1.165) is 12.1 Å². The summed E-state index contributed by atoms with van der Waals surface area (Å²) in [6.45, 7) is 1.62. The molecule has 2 amide bonds. The summed E-state index contributed by atoms with van der Waals surface area (Å²) in [6, 6.07) is 6.58. The lowest BCUT2D eigenvalue weighted by Crippen LogP contribution is -2.42. The van der Waals surface area contributed by atoms with Crippen LogP contribution in [0.1, 0.15) is 23.2 Å². The zero-order valence-electron chi connectivity index (χ0n) is 18.7. The van der Waals surface area contributed by atoms with E-state index in [9.17, 15) is 31.5 Å². The molecule has 2 N–H and O–H groups in total. The first kappa shape index (κ1) is 27.0. The van der Waals surface area contributed by atoms with Crippen LogP contribution in [0.5, 0.6) is 0 Å². The molecule has 0 aliphatic carbocycles. The number of halogens is 5. The lowest BCUT2D eigenvalue weighted by Gasteiger charge is -2.37. The van der Waals surface area contributed by atoms with Gasteiger partial charge in [0.05, 0.1) is 17.8 Å². The Bertz CT molecular complexity index is 1110. The Labute approximate surface area is 202 Å². The minimum Gasteiger partial charge on any atom is -0.475 e. The number of likely N-dealkylation sites (tertiary alicyclic amines) is 1. The molecule has 36 heavy (non-hydrogen) atoms. The van der Waals surface area contributed by atoms with Gasteiger partial charge in [0, 0.05) is 43.5 Å². The number of ether oxygens (including phenoxy) is 1. The fourth-order valence-corrected chi connectivity index (χ4v) is 4.25. The number of hydrogen-bond donors (Lipinski definition) is 2. The Morgan fingerprint density at radius 2 is 1.78 bits per heavy atom. The van der Waals surface area contributed by atoms with Crippen molar-refractivity contribution in [2.45, 2.75) is 19.0 Å². The van der Waals surface area contributed by atoms with E-state index in [0.29, 0.717) is 38.3 Å². The van der Waals surface area contributed by atoms with E-state index in [-0.39, 0.29) is 18.0 Å². The number of amides is 2. The van der Waals surface area contributed by atoms with Crippen LogP contribution in [-0.4, -0.2) is 65.3 Å². The number of nitrogens with zero attached hydrogens (tertiary/aromatic N) is 2. The van der Waals surface area contributed by atoms with Gasteiger partial charge in [-0.15, -0.1) is 0 Å². The van der Waals surface area contributed by atoms with E-state index in [1.165, 1.54) is 6.07 Å². The number of rotatable bonds is 3. The molecule has 0 saturated carbocycles. The molecule has 2 aromatic rings. The molecule has 2 aliphatic heterocycles. The standard InChI is InChI=1S/C21H21F2N3O3.C2HF3O2/c22-17-4-3-14(10-18(17)23)20(28)26-12-16(21(13-26)5-8-29-9-6-21)19(27)25-15-2-1-7-24-11-15;3-2(4,5)1(6)7/h1-4,7,10-11,16H,5-6,8-9,12-13H2,(H,25,27);(H,6,7). The average molecular weight is 515 g/mol. The van der Waals surface area contributed by atoms with E-state index < -0.39 is 41.0 Å². The van der Waals surface area contributed by atoms with Crippen LogP contribution in [0.25, 0.3) is 0 Å². The van der Waals surface area contributed by atoms with E-state index in [1.807, 2.05) is 0 Å². The largest absolute Gasteiger partial charge is 0.490 e. The van der Waals surface area contributed by atoms with Gasteiger partial charge in [0.2, 0.25) is 5.91 Å². The van der Waals surface area contributed by atoms with Crippen LogP contribution < -0.4 is 5.32 Å². The maximum atomic E-state index is 13.6. The Balaban J connectivity index is 0.000000454. The van der Waals surface area contributed by atoms with Crippen molar-refractivity contribution >= 4 is 23.5 Å². The molecular weight excluding hydrogens is 493 g/mol. The molecule has 0 bridgehead atoms. The van der Waals surface area contributed by atoms with Crippen molar-refractivity contribution in [2.24, 2.45) is 11.3 Å². The molecule has 3 heterocycles. The van der Waals surface area contributed by atoms with Gasteiger partial charge in [-0.1, -0.05) is 0 Å². The molecule has 1 atom stereocenters. The SMILES string of the molecule is O=C(Nc1cccnc1)C1CN(C(=O)c2ccc(F)c(F)c2)CC12CCOCC2.O=C(O)C(F)(F)F. The fourth-order valence-electron chi connectivity index (χ4n) is 4.25. The number of aliphatic carboxylic acids is 1. The van der Waals surface area contributed by atoms with E-state index in [2.05, 4.69) is 10.3 Å². The van der Waals surface area contributed by atoms with Crippen molar-refractivity contribution in [3.05, 3.63) is 59.9 Å². The first-order chi connectivity index (χ1) is 16.9. The molecule has 0 radical (unpaired) electrons. The Hall–Kier alpha value is -3.61. The van der Waals surface area contributed by atoms with Gasteiger partial charge in [-0.2, -0.15) is 13.2 Å². The number of carbonyl (C=O) groups is 3. The van der Waals surface area contributed by atoms with Crippen molar-refractivity contribution in [3.63, 3.8) is 0 Å². The second kappa shape index (κ2) is 11.0. The van der Waals surface area contributed by atoms with Crippen LogP contribution in [0, 0.1) is 23.0 Å². The molecule has 13 heteroatoms. The number of carboxylic acid groups (broad SMARTS) is 1. The smallest absolute Gasteiger partial charge is 0.475 e. The van der Waals surface area contributed by atoms with Gasteiger partial charge in [-0.25, -0.2) is 13.6 Å². The summed E-state index contributed by atoms with van der Waals surface area (Å²) in [6.07, 6.45) is -0.597. The highest BCUT2D eigenvalue weighted by Gasteiger charge is 2.51. The lowest BCUT2D eigenvalue weighted by molar-refractivity contribution is -0.192. The molecule has 2 saturated heterocycles. The van der Waals surface area contributed by atoms with Gasteiger partial charge < -0.3 is 20.1 Å². The normalized spacial score (nSPS) is 18.8. The topological polar surface area (TPSA) is 109 Å². The maximum Gasteiger partial charge on any atom is 0.490 e. The van der Waals surface area contributed by atoms with Gasteiger partial charge in [-0.05, 0) is 43.2 Å². The number of alkyl halides is 3. The molecule has 8 nitrogen and oxygen atoms in total. The maximum absolute atomic E-state index is 13.6. The predicted octanol–water partition coefficient (Wildman–Crippen LogP) is 3.50. The van der Waals surface area contributed by atoms with Crippen LogP contribution in [-0.2, 0) is 14.3 Å².